The summed E-state index contributed by atoms with van der Waals surface area (Å²) in [4.78, 5) is 11.2. The average Bonchev–Trinajstić information content (AvgIpc) is 2.48. The fourth-order valence-electron chi connectivity index (χ4n) is 1.45. The van der Waals surface area contributed by atoms with E-state index in [-0.39, 0.29) is 24.8 Å². The van der Waals surface area contributed by atoms with Crippen LogP contribution in [0.25, 0.3) is 0 Å². The maximum absolute atomic E-state index is 12.5. The molecule has 0 unspecified atom stereocenters. The highest BCUT2D eigenvalue weighted by molar-refractivity contribution is 6.17. The van der Waals surface area contributed by atoms with Crippen molar-refractivity contribution in [2.75, 3.05) is 19.0 Å². The topological polar surface area (TPSA) is 38.3 Å². The van der Waals surface area contributed by atoms with E-state index in [0.717, 1.165) is 12.1 Å². The van der Waals surface area contributed by atoms with Crippen LogP contribution in [0.4, 0.5) is 13.2 Å². The molecule has 0 aliphatic rings. The normalized spacial score (nSPS) is 10.5. The SMILES string of the molecule is O=C(CCCCl)NCC#CCOc1cccc(C(F)(F)F)c1. The van der Waals surface area contributed by atoms with Gasteiger partial charge in [0.25, 0.3) is 0 Å². The molecule has 1 aromatic rings. The van der Waals surface area contributed by atoms with Crippen LogP contribution in [-0.2, 0) is 11.0 Å². The predicted octanol–water partition coefficient (Wildman–Crippen LogP) is 3.22. The highest BCUT2D eigenvalue weighted by Gasteiger charge is 2.30. The lowest BCUT2D eigenvalue weighted by atomic mass is 10.2. The van der Waals surface area contributed by atoms with Crippen molar-refractivity contribution in [2.24, 2.45) is 0 Å². The molecule has 0 fully saturated rings. The van der Waals surface area contributed by atoms with Gasteiger partial charge >= 0.3 is 6.18 Å². The Morgan fingerprint density at radius 2 is 2.09 bits per heavy atom. The molecule has 1 amide bonds. The molecular weight excluding hydrogens is 319 g/mol. The molecule has 0 heterocycles. The van der Waals surface area contributed by atoms with Gasteiger partial charge < -0.3 is 10.1 Å². The molecule has 0 aliphatic carbocycles. The summed E-state index contributed by atoms with van der Waals surface area (Å²) in [6.45, 7) is 0.103. The Labute approximate surface area is 131 Å². The quantitative estimate of drug-likeness (QED) is 0.641. The molecule has 1 N–H and O–H groups in total. The number of rotatable bonds is 6. The van der Waals surface area contributed by atoms with Crippen LogP contribution in [0.15, 0.2) is 24.3 Å². The van der Waals surface area contributed by atoms with Gasteiger partial charge in [-0.15, -0.1) is 11.6 Å². The molecule has 0 saturated carbocycles. The Hall–Kier alpha value is -1.87. The first-order chi connectivity index (χ1) is 10.4. The first-order valence-corrected chi connectivity index (χ1v) is 7.05. The molecular formula is C15H15ClF3NO2. The number of benzene rings is 1. The first kappa shape index (κ1) is 18.2. The molecule has 0 aromatic heterocycles. The fraction of sp³-hybridized carbons (Fsp3) is 0.400. The van der Waals surface area contributed by atoms with E-state index in [2.05, 4.69) is 17.2 Å². The Bertz CT molecular complexity index is 550. The van der Waals surface area contributed by atoms with Crippen molar-refractivity contribution in [2.45, 2.75) is 19.0 Å². The van der Waals surface area contributed by atoms with Gasteiger partial charge in [-0.05, 0) is 24.6 Å². The summed E-state index contributed by atoms with van der Waals surface area (Å²) in [5, 5.41) is 2.57. The number of hydrogen-bond donors (Lipinski definition) is 1. The molecule has 1 rings (SSSR count). The summed E-state index contributed by atoms with van der Waals surface area (Å²) >= 11 is 5.45. The summed E-state index contributed by atoms with van der Waals surface area (Å²) in [5.41, 5.74) is -0.774. The van der Waals surface area contributed by atoms with Crippen molar-refractivity contribution < 1.29 is 22.7 Å². The van der Waals surface area contributed by atoms with Gasteiger partial charge in [-0.1, -0.05) is 17.9 Å². The molecule has 0 bridgehead atoms. The molecule has 0 spiro atoms. The Balaban J connectivity index is 2.33. The lowest BCUT2D eigenvalue weighted by Crippen LogP contribution is -2.23. The monoisotopic (exact) mass is 333 g/mol. The fourth-order valence-corrected chi connectivity index (χ4v) is 1.59. The number of nitrogens with one attached hydrogen (secondary N) is 1. The number of hydrogen-bond acceptors (Lipinski definition) is 2. The minimum Gasteiger partial charge on any atom is -0.481 e. The third-order valence-corrected chi connectivity index (χ3v) is 2.78. The largest absolute Gasteiger partial charge is 0.481 e. The molecule has 7 heteroatoms. The number of alkyl halides is 4. The van der Waals surface area contributed by atoms with Gasteiger partial charge in [0.1, 0.15) is 12.4 Å². The number of halogens is 4. The van der Waals surface area contributed by atoms with Crippen LogP contribution in [0.1, 0.15) is 18.4 Å². The zero-order chi connectivity index (χ0) is 16.4. The Kier molecular flexibility index (Phi) is 7.61. The average molecular weight is 334 g/mol. The van der Waals surface area contributed by atoms with Gasteiger partial charge in [-0.2, -0.15) is 13.2 Å². The van der Waals surface area contributed by atoms with Crippen LogP contribution in [0, 0.1) is 11.8 Å². The van der Waals surface area contributed by atoms with Crippen LogP contribution in [0.2, 0.25) is 0 Å². The van der Waals surface area contributed by atoms with Crippen LogP contribution in [-0.4, -0.2) is 24.9 Å². The van der Waals surface area contributed by atoms with Crippen LogP contribution in [0.5, 0.6) is 5.75 Å². The van der Waals surface area contributed by atoms with Gasteiger partial charge in [0, 0.05) is 12.3 Å². The third-order valence-electron chi connectivity index (χ3n) is 2.51. The van der Waals surface area contributed by atoms with Crippen molar-refractivity contribution in [1.82, 2.24) is 5.32 Å². The van der Waals surface area contributed by atoms with Crippen molar-refractivity contribution in [1.29, 1.82) is 0 Å². The minimum atomic E-state index is -4.40. The van der Waals surface area contributed by atoms with Gasteiger partial charge in [0.15, 0.2) is 0 Å². The van der Waals surface area contributed by atoms with Gasteiger partial charge in [0.05, 0.1) is 12.1 Å². The third kappa shape index (κ3) is 7.23. The lowest BCUT2D eigenvalue weighted by molar-refractivity contribution is -0.137. The second-order valence-electron chi connectivity index (χ2n) is 4.24. The molecule has 0 radical (unpaired) electrons. The molecule has 1 aromatic carbocycles. The second-order valence-corrected chi connectivity index (χ2v) is 4.62. The number of ether oxygens (including phenoxy) is 1. The summed E-state index contributed by atoms with van der Waals surface area (Å²) < 4.78 is 42.6. The van der Waals surface area contributed by atoms with Crippen molar-refractivity contribution in [3.05, 3.63) is 29.8 Å². The smallest absolute Gasteiger partial charge is 0.416 e. The van der Waals surface area contributed by atoms with Crippen molar-refractivity contribution in [3.63, 3.8) is 0 Å². The van der Waals surface area contributed by atoms with Crippen LogP contribution < -0.4 is 10.1 Å². The summed E-state index contributed by atoms with van der Waals surface area (Å²) in [5.74, 6) is 5.62. The van der Waals surface area contributed by atoms with E-state index in [9.17, 15) is 18.0 Å². The zero-order valence-electron chi connectivity index (χ0n) is 11.7. The standard InChI is InChI=1S/C15H15ClF3NO2/c16-8-4-7-14(21)20-9-1-2-10-22-13-6-3-5-12(11-13)15(17,18)19/h3,5-6,11H,4,7-10H2,(H,20,21). The van der Waals surface area contributed by atoms with Gasteiger partial charge in [0.2, 0.25) is 5.91 Å². The van der Waals surface area contributed by atoms with Crippen molar-refractivity contribution in [3.8, 4) is 17.6 Å². The van der Waals surface area contributed by atoms with Crippen LogP contribution in [0.3, 0.4) is 0 Å². The van der Waals surface area contributed by atoms with E-state index < -0.39 is 11.7 Å². The van der Waals surface area contributed by atoms with E-state index in [0.29, 0.717) is 18.7 Å². The van der Waals surface area contributed by atoms with Gasteiger partial charge in [-0.3, -0.25) is 4.79 Å². The zero-order valence-corrected chi connectivity index (χ0v) is 12.4. The van der Waals surface area contributed by atoms with Gasteiger partial charge in [-0.25, -0.2) is 0 Å². The highest BCUT2D eigenvalue weighted by Crippen LogP contribution is 2.31. The van der Waals surface area contributed by atoms with E-state index in [1.807, 2.05) is 0 Å². The maximum atomic E-state index is 12.5. The second kappa shape index (κ2) is 9.21. The van der Waals surface area contributed by atoms with Crippen LogP contribution >= 0.6 is 11.6 Å². The molecule has 0 saturated heterocycles. The molecule has 0 aliphatic heterocycles. The van der Waals surface area contributed by atoms with E-state index in [4.69, 9.17) is 16.3 Å². The number of carbonyl (C=O) groups excluding carboxylic acids is 1. The first-order valence-electron chi connectivity index (χ1n) is 6.52. The molecule has 3 nitrogen and oxygen atoms in total. The Morgan fingerprint density at radius 1 is 1.32 bits per heavy atom. The summed E-state index contributed by atoms with van der Waals surface area (Å²) in [6.07, 6.45) is -3.47. The molecule has 0 atom stereocenters. The molecule has 120 valence electrons. The van der Waals surface area contributed by atoms with E-state index in [1.165, 1.54) is 12.1 Å². The van der Waals surface area contributed by atoms with E-state index >= 15 is 0 Å². The minimum absolute atomic E-state index is 0.0567. The lowest BCUT2D eigenvalue weighted by Gasteiger charge is -2.08. The summed E-state index contributed by atoms with van der Waals surface area (Å²) in [6, 6.07) is 4.57. The maximum Gasteiger partial charge on any atom is 0.416 e. The molecule has 22 heavy (non-hydrogen) atoms. The number of carbonyl (C=O) groups is 1. The highest BCUT2D eigenvalue weighted by atomic mass is 35.5. The summed E-state index contributed by atoms with van der Waals surface area (Å²) in [7, 11) is 0. The Morgan fingerprint density at radius 3 is 2.77 bits per heavy atom. The predicted molar refractivity (Wildman–Crippen MR) is 77.7 cm³/mol. The van der Waals surface area contributed by atoms with E-state index in [1.54, 1.807) is 0 Å². The van der Waals surface area contributed by atoms with Crippen molar-refractivity contribution >= 4 is 17.5 Å². The number of amides is 1.